The standard InChI is InChI=1S/C18H34N4O2/c1-4-13(2)21-17(23)14(3)22-10-6-7-15(12-22)11-20-18(24)16-8-5-9-19-16/h13-16,19H,4-12H2,1-3H3,(H,20,24)(H,21,23). The second-order valence-electron chi connectivity index (χ2n) is 7.39. The lowest BCUT2D eigenvalue weighted by molar-refractivity contribution is -0.127. The summed E-state index contributed by atoms with van der Waals surface area (Å²) in [6.07, 6.45) is 5.17. The van der Waals surface area contributed by atoms with Crippen molar-refractivity contribution >= 4 is 11.8 Å². The zero-order chi connectivity index (χ0) is 17.5. The predicted octanol–water partition coefficient (Wildman–Crippen LogP) is 0.870. The molecule has 6 nitrogen and oxygen atoms in total. The van der Waals surface area contributed by atoms with Gasteiger partial charge in [-0.2, -0.15) is 0 Å². The van der Waals surface area contributed by atoms with E-state index in [1.807, 2.05) is 13.8 Å². The van der Waals surface area contributed by atoms with Gasteiger partial charge in [0.25, 0.3) is 0 Å². The first-order chi connectivity index (χ1) is 11.5. The number of nitrogens with zero attached hydrogens (tertiary/aromatic N) is 1. The molecule has 24 heavy (non-hydrogen) atoms. The molecule has 2 rings (SSSR count). The zero-order valence-electron chi connectivity index (χ0n) is 15.4. The van der Waals surface area contributed by atoms with E-state index in [1.54, 1.807) is 0 Å². The number of piperidine rings is 1. The zero-order valence-corrected chi connectivity index (χ0v) is 15.4. The first-order valence-corrected chi connectivity index (χ1v) is 9.56. The van der Waals surface area contributed by atoms with Crippen molar-refractivity contribution in [2.75, 3.05) is 26.2 Å². The quantitative estimate of drug-likeness (QED) is 0.644. The fourth-order valence-electron chi connectivity index (χ4n) is 3.52. The highest BCUT2D eigenvalue weighted by Crippen LogP contribution is 2.18. The van der Waals surface area contributed by atoms with E-state index in [0.717, 1.165) is 51.7 Å². The van der Waals surface area contributed by atoms with Crippen LogP contribution in [-0.2, 0) is 9.59 Å². The summed E-state index contributed by atoms with van der Waals surface area (Å²) in [4.78, 5) is 26.7. The lowest BCUT2D eigenvalue weighted by Crippen LogP contribution is -2.52. The maximum Gasteiger partial charge on any atom is 0.237 e. The minimum absolute atomic E-state index is 0.00933. The fourth-order valence-corrected chi connectivity index (χ4v) is 3.52. The molecule has 2 heterocycles. The summed E-state index contributed by atoms with van der Waals surface area (Å²) in [5, 5.41) is 9.40. The second kappa shape index (κ2) is 9.37. The topological polar surface area (TPSA) is 73.5 Å². The van der Waals surface area contributed by atoms with Gasteiger partial charge in [0.2, 0.25) is 11.8 Å². The Bertz CT molecular complexity index is 423. The molecule has 2 saturated heterocycles. The average Bonchev–Trinajstić information content (AvgIpc) is 3.13. The molecule has 0 saturated carbocycles. The van der Waals surface area contributed by atoms with E-state index < -0.39 is 0 Å². The summed E-state index contributed by atoms with van der Waals surface area (Å²) < 4.78 is 0. The highest BCUT2D eigenvalue weighted by Gasteiger charge is 2.29. The molecule has 0 radical (unpaired) electrons. The Morgan fingerprint density at radius 1 is 1.25 bits per heavy atom. The van der Waals surface area contributed by atoms with Crippen LogP contribution in [0.15, 0.2) is 0 Å². The molecule has 3 N–H and O–H groups in total. The van der Waals surface area contributed by atoms with Crippen molar-refractivity contribution in [3.05, 3.63) is 0 Å². The van der Waals surface area contributed by atoms with Gasteiger partial charge < -0.3 is 16.0 Å². The predicted molar refractivity (Wildman–Crippen MR) is 95.7 cm³/mol. The number of carbonyl (C=O) groups excluding carboxylic acids is 2. The lowest BCUT2D eigenvalue weighted by atomic mass is 9.96. The molecule has 2 aliphatic rings. The van der Waals surface area contributed by atoms with Crippen molar-refractivity contribution in [1.82, 2.24) is 20.9 Å². The van der Waals surface area contributed by atoms with Crippen LogP contribution < -0.4 is 16.0 Å². The average molecular weight is 338 g/mol. The largest absolute Gasteiger partial charge is 0.354 e. The van der Waals surface area contributed by atoms with Gasteiger partial charge in [-0.25, -0.2) is 0 Å². The van der Waals surface area contributed by atoms with Crippen molar-refractivity contribution in [3.63, 3.8) is 0 Å². The molecule has 0 aliphatic carbocycles. The van der Waals surface area contributed by atoms with Gasteiger partial charge in [0.1, 0.15) is 0 Å². The van der Waals surface area contributed by atoms with Gasteiger partial charge in [0.05, 0.1) is 12.1 Å². The van der Waals surface area contributed by atoms with Crippen molar-refractivity contribution in [1.29, 1.82) is 0 Å². The molecule has 138 valence electrons. The third-order valence-corrected chi connectivity index (χ3v) is 5.42. The first kappa shape index (κ1) is 19.2. The van der Waals surface area contributed by atoms with Crippen LogP contribution in [0.25, 0.3) is 0 Å². The Kier molecular flexibility index (Phi) is 7.49. The summed E-state index contributed by atoms with van der Waals surface area (Å²) in [7, 11) is 0. The van der Waals surface area contributed by atoms with Crippen molar-refractivity contribution in [3.8, 4) is 0 Å². The molecular formula is C18H34N4O2. The van der Waals surface area contributed by atoms with Gasteiger partial charge in [0, 0.05) is 19.1 Å². The minimum Gasteiger partial charge on any atom is -0.354 e. The number of nitrogens with one attached hydrogen (secondary N) is 3. The van der Waals surface area contributed by atoms with Crippen LogP contribution in [0.3, 0.4) is 0 Å². The number of rotatable bonds is 7. The van der Waals surface area contributed by atoms with Crippen LogP contribution in [0.5, 0.6) is 0 Å². The molecule has 0 aromatic rings. The maximum absolute atomic E-state index is 12.3. The van der Waals surface area contributed by atoms with Gasteiger partial charge in [0.15, 0.2) is 0 Å². The van der Waals surface area contributed by atoms with E-state index >= 15 is 0 Å². The van der Waals surface area contributed by atoms with E-state index in [0.29, 0.717) is 12.5 Å². The molecular weight excluding hydrogens is 304 g/mol. The smallest absolute Gasteiger partial charge is 0.237 e. The van der Waals surface area contributed by atoms with E-state index in [4.69, 9.17) is 0 Å². The van der Waals surface area contributed by atoms with Crippen molar-refractivity contribution in [2.24, 2.45) is 5.92 Å². The van der Waals surface area contributed by atoms with Gasteiger partial charge in [-0.05, 0) is 65.0 Å². The Balaban J connectivity index is 1.76. The molecule has 0 bridgehead atoms. The van der Waals surface area contributed by atoms with Crippen molar-refractivity contribution in [2.45, 2.75) is 71.0 Å². The van der Waals surface area contributed by atoms with Crippen LogP contribution in [-0.4, -0.2) is 61.0 Å². The summed E-state index contributed by atoms with van der Waals surface area (Å²) in [6.45, 7) is 9.61. The fraction of sp³-hybridized carbons (Fsp3) is 0.889. The van der Waals surface area contributed by atoms with Gasteiger partial charge >= 0.3 is 0 Å². The van der Waals surface area contributed by atoms with Gasteiger partial charge in [-0.15, -0.1) is 0 Å². The molecule has 2 amide bonds. The molecule has 0 aromatic heterocycles. The number of carbonyl (C=O) groups is 2. The van der Waals surface area contributed by atoms with Crippen molar-refractivity contribution < 1.29 is 9.59 Å². The monoisotopic (exact) mass is 338 g/mol. The maximum atomic E-state index is 12.3. The molecule has 4 atom stereocenters. The lowest BCUT2D eigenvalue weighted by Gasteiger charge is -2.36. The third-order valence-electron chi connectivity index (χ3n) is 5.42. The highest BCUT2D eigenvalue weighted by atomic mass is 16.2. The second-order valence-corrected chi connectivity index (χ2v) is 7.39. The van der Waals surface area contributed by atoms with Gasteiger partial charge in [-0.1, -0.05) is 6.92 Å². The molecule has 0 aromatic carbocycles. The van der Waals surface area contributed by atoms with E-state index in [9.17, 15) is 9.59 Å². The number of amides is 2. The summed E-state index contributed by atoms with van der Waals surface area (Å²) in [5.41, 5.74) is 0. The molecule has 2 aliphatic heterocycles. The summed E-state index contributed by atoms with van der Waals surface area (Å²) in [6, 6.07) is 0.109. The SMILES string of the molecule is CCC(C)NC(=O)C(C)N1CCCC(CNC(=O)C2CCCN2)C1. The van der Waals surface area contributed by atoms with E-state index in [2.05, 4.69) is 27.8 Å². The summed E-state index contributed by atoms with van der Waals surface area (Å²) >= 11 is 0. The highest BCUT2D eigenvalue weighted by molar-refractivity contribution is 5.82. The van der Waals surface area contributed by atoms with Gasteiger partial charge in [-0.3, -0.25) is 14.5 Å². The molecule has 2 fully saturated rings. The minimum atomic E-state index is -0.103. The van der Waals surface area contributed by atoms with E-state index in [-0.39, 0.29) is 29.9 Å². The van der Waals surface area contributed by atoms with Crippen LogP contribution in [0.1, 0.15) is 52.9 Å². The first-order valence-electron chi connectivity index (χ1n) is 9.56. The van der Waals surface area contributed by atoms with Crippen LogP contribution in [0.2, 0.25) is 0 Å². The van der Waals surface area contributed by atoms with Crippen LogP contribution in [0, 0.1) is 5.92 Å². The molecule has 0 spiro atoms. The Hall–Kier alpha value is -1.14. The number of likely N-dealkylation sites (tertiary alicyclic amines) is 1. The third kappa shape index (κ3) is 5.45. The Morgan fingerprint density at radius 3 is 2.71 bits per heavy atom. The Morgan fingerprint density at radius 2 is 2.04 bits per heavy atom. The Labute approximate surface area is 146 Å². The molecule has 4 unspecified atom stereocenters. The molecule has 6 heteroatoms. The normalized spacial score (nSPS) is 27.5. The van der Waals surface area contributed by atoms with Crippen LogP contribution >= 0.6 is 0 Å². The number of hydrogen-bond acceptors (Lipinski definition) is 4. The van der Waals surface area contributed by atoms with E-state index in [1.165, 1.54) is 0 Å². The number of hydrogen-bond donors (Lipinski definition) is 3. The van der Waals surface area contributed by atoms with Crippen LogP contribution in [0.4, 0.5) is 0 Å². The summed E-state index contributed by atoms with van der Waals surface area (Å²) in [5.74, 6) is 0.680.